The molecule has 0 saturated heterocycles. The van der Waals surface area contributed by atoms with Gasteiger partial charge in [-0.15, -0.1) is 0 Å². The number of phenolic OH excluding ortho intramolecular Hbond substituents is 1. The number of phenols is 1. The Morgan fingerprint density at radius 1 is 1.62 bits per heavy atom. The van der Waals surface area contributed by atoms with Crippen molar-refractivity contribution in [2.75, 3.05) is 12.4 Å². The molecule has 0 aliphatic carbocycles. The minimum atomic E-state index is -0.894. The average Bonchev–Trinajstić information content (AvgIpc) is 2.08. The summed E-state index contributed by atoms with van der Waals surface area (Å²) in [7, 11) is 1.43. The molecule has 0 fully saturated rings. The Morgan fingerprint density at radius 3 is 2.69 bits per heavy atom. The Labute approximate surface area is 73.0 Å². The van der Waals surface area contributed by atoms with Crippen LogP contribution in [0.2, 0.25) is 0 Å². The number of nitro benzene ring substituents is 1. The van der Waals surface area contributed by atoms with Crippen molar-refractivity contribution in [2.45, 2.75) is 0 Å². The zero-order chi connectivity index (χ0) is 10.0. The highest BCUT2D eigenvalue weighted by Gasteiger charge is 2.16. The summed E-state index contributed by atoms with van der Waals surface area (Å²) in [5.74, 6) is -1.62. The van der Waals surface area contributed by atoms with Crippen LogP contribution in [0.5, 0.6) is 5.75 Å². The standard InChI is InChI=1S/C7H7FN2O3/c1-9-5-2-4(8)7(11)3-6(5)10(12)13/h2-3,9,11H,1H3. The number of rotatable bonds is 2. The minimum absolute atomic E-state index is 0.0281. The van der Waals surface area contributed by atoms with Gasteiger partial charge < -0.3 is 10.4 Å². The molecule has 70 valence electrons. The summed E-state index contributed by atoms with van der Waals surface area (Å²) in [5.41, 5.74) is -0.332. The van der Waals surface area contributed by atoms with Crippen LogP contribution in [0.3, 0.4) is 0 Å². The fourth-order valence-corrected chi connectivity index (χ4v) is 0.902. The van der Waals surface area contributed by atoms with Crippen LogP contribution in [-0.2, 0) is 0 Å². The van der Waals surface area contributed by atoms with Crippen molar-refractivity contribution in [3.63, 3.8) is 0 Å². The third-order valence-corrected chi connectivity index (χ3v) is 1.53. The molecule has 1 aromatic rings. The van der Waals surface area contributed by atoms with Gasteiger partial charge in [0.15, 0.2) is 11.6 Å². The van der Waals surface area contributed by atoms with E-state index in [1.165, 1.54) is 7.05 Å². The Kier molecular flexibility index (Phi) is 2.32. The van der Waals surface area contributed by atoms with Gasteiger partial charge in [0, 0.05) is 13.1 Å². The van der Waals surface area contributed by atoms with Crippen molar-refractivity contribution >= 4 is 11.4 Å². The zero-order valence-corrected chi connectivity index (χ0v) is 6.74. The van der Waals surface area contributed by atoms with E-state index >= 15 is 0 Å². The predicted molar refractivity (Wildman–Crippen MR) is 44.3 cm³/mol. The van der Waals surface area contributed by atoms with Crippen LogP contribution in [0, 0.1) is 15.9 Å². The maximum absolute atomic E-state index is 12.7. The number of nitrogens with zero attached hydrogens (tertiary/aromatic N) is 1. The van der Waals surface area contributed by atoms with Crippen LogP contribution in [-0.4, -0.2) is 17.1 Å². The molecule has 0 spiro atoms. The van der Waals surface area contributed by atoms with Crippen molar-refractivity contribution < 1.29 is 14.4 Å². The van der Waals surface area contributed by atoms with Crippen LogP contribution >= 0.6 is 0 Å². The quantitative estimate of drug-likeness (QED) is 0.416. The molecule has 0 heterocycles. The summed E-state index contributed by atoms with van der Waals surface area (Å²) in [6, 6.07) is 1.63. The second-order valence-corrected chi connectivity index (χ2v) is 2.33. The van der Waals surface area contributed by atoms with Crippen molar-refractivity contribution in [1.29, 1.82) is 0 Å². The highest BCUT2D eigenvalue weighted by Crippen LogP contribution is 2.30. The molecular weight excluding hydrogens is 179 g/mol. The van der Waals surface area contributed by atoms with E-state index < -0.39 is 16.5 Å². The number of aromatic hydroxyl groups is 1. The fraction of sp³-hybridized carbons (Fsp3) is 0.143. The third-order valence-electron chi connectivity index (χ3n) is 1.53. The van der Waals surface area contributed by atoms with Crippen LogP contribution in [0.25, 0.3) is 0 Å². The Morgan fingerprint density at radius 2 is 2.23 bits per heavy atom. The summed E-state index contributed by atoms with van der Waals surface area (Å²) in [6.07, 6.45) is 0. The van der Waals surface area contributed by atoms with Crippen molar-refractivity contribution in [1.82, 2.24) is 0 Å². The number of benzene rings is 1. The van der Waals surface area contributed by atoms with E-state index in [1.54, 1.807) is 0 Å². The van der Waals surface area contributed by atoms with Crippen LogP contribution < -0.4 is 5.32 Å². The Balaban J connectivity index is 3.33. The first kappa shape index (κ1) is 9.24. The summed E-state index contributed by atoms with van der Waals surface area (Å²) < 4.78 is 12.7. The average molecular weight is 186 g/mol. The van der Waals surface area contributed by atoms with Gasteiger partial charge in [-0.3, -0.25) is 10.1 Å². The molecule has 13 heavy (non-hydrogen) atoms. The molecule has 0 bridgehead atoms. The van der Waals surface area contributed by atoms with Gasteiger partial charge in [0.05, 0.1) is 11.0 Å². The second kappa shape index (κ2) is 3.26. The molecular formula is C7H7FN2O3. The minimum Gasteiger partial charge on any atom is -0.505 e. The molecule has 0 aliphatic rings. The largest absolute Gasteiger partial charge is 0.505 e. The lowest BCUT2D eigenvalue weighted by Gasteiger charge is -2.02. The van der Waals surface area contributed by atoms with Crippen molar-refractivity contribution in [3.8, 4) is 5.75 Å². The molecule has 0 saturated carbocycles. The fourth-order valence-electron chi connectivity index (χ4n) is 0.902. The molecule has 6 heteroatoms. The molecule has 1 aromatic carbocycles. The predicted octanol–water partition coefficient (Wildman–Crippen LogP) is 1.48. The maximum atomic E-state index is 12.7. The van der Waals surface area contributed by atoms with Gasteiger partial charge in [-0.05, 0) is 0 Å². The number of nitrogens with one attached hydrogen (secondary N) is 1. The normalized spacial score (nSPS) is 9.69. The molecule has 2 N–H and O–H groups in total. The third kappa shape index (κ3) is 1.66. The van der Waals surface area contributed by atoms with Gasteiger partial charge in [0.1, 0.15) is 5.69 Å². The lowest BCUT2D eigenvalue weighted by molar-refractivity contribution is -0.384. The first-order chi connectivity index (χ1) is 6.06. The lowest BCUT2D eigenvalue weighted by Crippen LogP contribution is -1.97. The van der Waals surface area contributed by atoms with E-state index in [-0.39, 0.29) is 11.4 Å². The number of hydrogen-bond donors (Lipinski definition) is 2. The first-order valence-electron chi connectivity index (χ1n) is 3.41. The van der Waals surface area contributed by atoms with E-state index in [0.717, 1.165) is 12.1 Å². The number of hydrogen-bond acceptors (Lipinski definition) is 4. The van der Waals surface area contributed by atoms with E-state index in [9.17, 15) is 14.5 Å². The molecule has 5 nitrogen and oxygen atoms in total. The molecule has 0 aliphatic heterocycles. The van der Waals surface area contributed by atoms with E-state index in [4.69, 9.17) is 5.11 Å². The lowest BCUT2D eigenvalue weighted by atomic mass is 10.2. The number of nitro groups is 1. The van der Waals surface area contributed by atoms with Gasteiger partial charge in [0.25, 0.3) is 5.69 Å². The summed E-state index contributed by atoms with van der Waals surface area (Å²) in [4.78, 5) is 9.67. The number of halogens is 1. The highest BCUT2D eigenvalue weighted by molar-refractivity contribution is 5.63. The molecule has 0 amide bonds. The topological polar surface area (TPSA) is 75.4 Å². The van der Waals surface area contributed by atoms with Crippen LogP contribution in [0.1, 0.15) is 0 Å². The van der Waals surface area contributed by atoms with Gasteiger partial charge in [-0.2, -0.15) is 0 Å². The molecule has 0 radical (unpaired) electrons. The highest BCUT2D eigenvalue weighted by atomic mass is 19.1. The summed E-state index contributed by atoms with van der Waals surface area (Å²) >= 11 is 0. The van der Waals surface area contributed by atoms with E-state index in [0.29, 0.717) is 0 Å². The Hall–Kier alpha value is -1.85. The SMILES string of the molecule is CNc1cc(F)c(O)cc1[N+](=O)[O-]. The molecule has 1 rings (SSSR count). The second-order valence-electron chi connectivity index (χ2n) is 2.33. The van der Waals surface area contributed by atoms with Gasteiger partial charge in [0.2, 0.25) is 0 Å². The maximum Gasteiger partial charge on any atom is 0.296 e. The molecule has 0 aromatic heterocycles. The smallest absolute Gasteiger partial charge is 0.296 e. The monoisotopic (exact) mass is 186 g/mol. The Bertz CT molecular complexity index is 354. The van der Waals surface area contributed by atoms with Crippen molar-refractivity contribution in [3.05, 3.63) is 28.1 Å². The van der Waals surface area contributed by atoms with E-state index in [2.05, 4.69) is 5.32 Å². The zero-order valence-electron chi connectivity index (χ0n) is 6.74. The van der Waals surface area contributed by atoms with Crippen LogP contribution in [0.4, 0.5) is 15.8 Å². The van der Waals surface area contributed by atoms with Gasteiger partial charge in [-0.25, -0.2) is 4.39 Å². The van der Waals surface area contributed by atoms with Crippen molar-refractivity contribution in [2.24, 2.45) is 0 Å². The van der Waals surface area contributed by atoms with E-state index in [1.807, 2.05) is 0 Å². The van der Waals surface area contributed by atoms with Crippen LogP contribution in [0.15, 0.2) is 12.1 Å². The number of anilines is 1. The first-order valence-corrected chi connectivity index (χ1v) is 3.41. The summed E-state index contributed by atoms with van der Waals surface area (Å²) in [6.45, 7) is 0. The molecule has 0 atom stereocenters. The summed E-state index contributed by atoms with van der Waals surface area (Å²) in [5, 5.41) is 21.7. The molecule has 0 unspecified atom stereocenters. The van der Waals surface area contributed by atoms with Gasteiger partial charge >= 0.3 is 0 Å². The van der Waals surface area contributed by atoms with Gasteiger partial charge in [-0.1, -0.05) is 0 Å².